The van der Waals surface area contributed by atoms with Crippen molar-refractivity contribution in [3.8, 4) is 11.5 Å². The van der Waals surface area contributed by atoms with Crippen LogP contribution in [0, 0.1) is 0 Å². The number of hydrogen-bond donors (Lipinski definition) is 2. The molecule has 0 unspecified atom stereocenters. The lowest BCUT2D eigenvalue weighted by Crippen LogP contribution is -2.12. The molecule has 0 aliphatic rings. The van der Waals surface area contributed by atoms with Crippen LogP contribution < -0.4 is 0 Å². The fourth-order valence-corrected chi connectivity index (χ4v) is 3.36. The molecule has 2 aromatic carbocycles. The van der Waals surface area contributed by atoms with Crippen molar-refractivity contribution in [2.75, 3.05) is 28.2 Å². The second-order valence-electron chi connectivity index (χ2n) is 6.80. The molecule has 7 heteroatoms. The Hall–Kier alpha value is -1.17. The summed E-state index contributed by atoms with van der Waals surface area (Å²) >= 11 is 12.4. The summed E-state index contributed by atoms with van der Waals surface area (Å²) in [6, 6.07) is 6.97. The smallest absolute Gasteiger partial charge is 0.123 e. The van der Waals surface area contributed by atoms with E-state index in [2.05, 4.69) is 0 Å². The molecule has 0 radical (unpaired) electrons. The quantitative estimate of drug-likeness (QED) is 0.721. The number of benzene rings is 2. The second-order valence-corrected chi connectivity index (χ2v) is 7.67. The van der Waals surface area contributed by atoms with E-state index in [1.807, 2.05) is 38.0 Å². The van der Waals surface area contributed by atoms with Crippen molar-refractivity contribution >= 4 is 35.6 Å². The first kappa shape index (κ1) is 22.9. The third-order valence-corrected chi connectivity index (χ3v) is 4.26. The third-order valence-electron chi connectivity index (χ3n) is 3.82. The van der Waals surface area contributed by atoms with E-state index in [0.29, 0.717) is 40.7 Å². The summed E-state index contributed by atoms with van der Waals surface area (Å²) in [7, 11) is 7.71. The zero-order chi connectivity index (χ0) is 18.7. The number of nitrogens with zero attached hydrogens (tertiary/aromatic N) is 2. The summed E-state index contributed by atoms with van der Waals surface area (Å²) in [5.41, 5.74) is 2.83. The lowest BCUT2D eigenvalue weighted by atomic mass is 9.98. The number of aromatic hydroxyl groups is 2. The Labute approximate surface area is 171 Å². The molecule has 4 nitrogen and oxygen atoms in total. The molecule has 0 fully saturated rings. The number of rotatable bonds is 6. The van der Waals surface area contributed by atoms with Crippen molar-refractivity contribution in [2.45, 2.75) is 19.5 Å². The monoisotopic (exact) mass is 418 g/mol. The summed E-state index contributed by atoms with van der Waals surface area (Å²) < 4.78 is 0. The van der Waals surface area contributed by atoms with Gasteiger partial charge in [-0.3, -0.25) is 0 Å². The van der Waals surface area contributed by atoms with Crippen LogP contribution in [0.2, 0.25) is 10.0 Å². The molecule has 0 heterocycles. The summed E-state index contributed by atoms with van der Waals surface area (Å²) in [6.45, 7) is 1.15. The van der Waals surface area contributed by atoms with Gasteiger partial charge in [-0.1, -0.05) is 23.2 Å². The Balaban J connectivity index is 0.00000338. The summed E-state index contributed by atoms with van der Waals surface area (Å²) in [5, 5.41) is 22.3. The summed E-state index contributed by atoms with van der Waals surface area (Å²) in [4.78, 5) is 3.92. The molecule has 0 atom stereocenters. The standard InChI is InChI=1S/C19H24Cl2N2O2.ClH/c1-22(2)10-14-8-16(20)6-12(18(14)24)5-13-7-17(21)9-15(19(13)25)11-23(3)4;/h6-9,24-25H,5,10-11H2,1-4H3;1H. The van der Waals surface area contributed by atoms with E-state index in [0.717, 1.165) is 11.1 Å². The molecule has 2 N–H and O–H groups in total. The van der Waals surface area contributed by atoms with E-state index in [1.54, 1.807) is 24.3 Å². The van der Waals surface area contributed by atoms with Crippen LogP contribution in [0.1, 0.15) is 22.3 Å². The van der Waals surface area contributed by atoms with Gasteiger partial charge in [0.15, 0.2) is 0 Å². The fraction of sp³-hybridized carbons (Fsp3) is 0.368. The lowest BCUT2D eigenvalue weighted by molar-refractivity contribution is 0.382. The minimum Gasteiger partial charge on any atom is -0.507 e. The van der Waals surface area contributed by atoms with Gasteiger partial charge in [-0.25, -0.2) is 0 Å². The van der Waals surface area contributed by atoms with Gasteiger partial charge in [0.2, 0.25) is 0 Å². The molecule has 0 aromatic heterocycles. The molecule has 0 amide bonds. The maximum absolute atomic E-state index is 10.6. The zero-order valence-electron chi connectivity index (χ0n) is 15.4. The van der Waals surface area contributed by atoms with Crippen molar-refractivity contribution in [1.29, 1.82) is 0 Å². The van der Waals surface area contributed by atoms with Gasteiger partial charge in [0, 0.05) is 51.8 Å². The zero-order valence-corrected chi connectivity index (χ0v) is 17.7. The maximum atomic E-state index is 10.6. The largest absolute Gasteiger partial charge is 0.507 e. The van der Waals surface area contributed by atoms with Crippen molar-refractivity contribution < 1.29 is 10.2 Å². The van der Waals surface area contributed by atoms with Crippen molar-refractivity contribution in [3.63, 3.8) is 0 Å². The Bertz CT molecular complexity index is 701. The number of halogens is 3. The van der Waals surface area contributed by atoms with E-state index in [9.17, 15) is 10.2 Å². The predicted molar refractivity (Wildman–Crippen MR) is 111 cm³/mol. The molecule has 0 aliphatic carbocycles. The highest BCUT2D eigenvalue weighted by Crippen LogP contribution is 2.34. The van der Waals surface area contributed by atoms with E-state index in [1.165, 1.54) is 0 Å². The summed E-state index contributed by atoms with van der Waals surface area (Å²) in [6.07, 6.45) is 0.347. The highest BCUT2D eigenvalue weighted by Gasteiger charge is 2.15. The van der Waals surface area contributed by atoms with Gasteiger partial charge in [-0.05, 0) is 52.5 Å². The normalized spacial score (nSPS) is 11.1. The predicted octanol–water partition coefficient (Wildman–Crippen LogP) is 4.54. The van der Waals surface area contributed by atoms with Gasteiger partial charge in [0.1, 0.15) is 11.5 Å². The van der Waals surface area contributed by atoms with Crippen LogP contribution in [0.25, 0.3) is 0 Å². The van der Waals surface area contributed by atoms with Crippen LogP contribution in [0.5, 0.6) is 11.5 Å². The summed E-state index contributed by atoms with van der Waals surface area (Å²) in [5.74, 6) is 0.401. The van der Waals surface area contributed by atoms with Crippen molar-refractivity contribution in [3.05, 3.63) is 56.6 Å². The van der Waals surface area contributed by atoms with Crippen LogP contribution in [0.3, 0.4) is 0 Å². The van der Waals surface area contributed by atoms with E-state index < -0.39 is 0 Å². The highest BCUT2D eigenvalue weighted by atomic mass is 35.5. The molecule has 0 saturated heterocycles. The van der Waals surface area contributed by atoms with Gasteiger partial charge in [-0.15, -0.1) is 12.4 Å². The molecule has 0 spiro atoms. The minimum absolute atomic E-state index is 0. The number of phenols is 2. The highest BCUT2D eigenvalue weighted by molar-refractivity contribution is 6.31. The first-order valence-corrected chi connectivity index (χ1v) is 8.73. The SMILES string of the molecule is CN(C)Cc1cc(Cl)cc(Cc2cc(Cl)cc(CN(C)C)c2O)c1O.Cl. The van der Waals surface area contributed by atoms with E-state index in [-0.39, 0.29) is 23.9 Å². The van der Waals surface area contributed by atoms with Gasteiger partial charge in [0.25, 0.3) is 0 Å². The first-order chi connectivity index (χ1) is 11.7. The maximum Gasteiger partial charge on any atom is 0.123 e. The van der Waals surface area contributed by atoms with Crippen LogP contribution in [-0.2, 0) is 19.5 Å². The second kappa shape index (κ2) is 9.67. The Morgan fingerprint density at radius 2 is 1.00 bits per heavy atom. The van der Waals surface area contributed by atoms with Gasteiger partial charge in [-0.2, -0.15) is 0 Å². The molecular formula is C19H25Cl3N2O2. The number of hydrogen-bond acceptors (Lipinski definition) is 4. The molecule has 144 valence electrons. The van der Waals surface area contributed by atoms with E-state index >= 15 is 0 Å². The third kappa shape index (κ3) is 5.93. The minimum atomic E-state index is 0. The molecule has 2 rings (SSSR count). The Kier molecular flexibility index (Phi) is 8.51. The average Bonchev–Trinajstić information content (AvgIpc) is 2.47. The average molecular weight is 420 g/mol. The molecule has 2 aromatic rings. The lowest BCUT2D eigenvalue weighted by Gasteiger charge is -2.17. The van der Waals surface area contributed by atoms with Crippen LogP contribution >= 0.6 is 35.6 Å². The van der Waals surface area contributed by atoms with Gasteiger partial charge >= 0.3 is 0 Å². The van der Waals surface area contributed by atoms with E-state index in [4.69, 9.17) is 23.2 Å². The molecule has 0 bridgehead atoms. The molecular weight excluding hydrogens is 395 g/mol. The van der Waals surface area contributed by atoms with Gasteiger partial charge in [0.05, 0.1) is 0 Å². The van der Waals surface area contributed by atoms with Crippen LogP contribution in [0.4, 0.5) is 0 Å². The fourth-order valence-electron chi connectivity index (χ4n) is 2.83. The Morgan fingerprint density at radius 1 is 0.692 bits per heavy atom. The van der Waals surface area contributed by atoms with Crippen LogP contribution in [0.15, 0.2) is 24.3 Å². The Morgan fingerprint density at radius 3 is 1.31 bits per heavy atom. The molecule has 26 heavy (non-hydrogen) atoms. The van der Waals surface area contributed by atoms with Crippen molar-refractivity contribution in [2.24, 2.45) is 0 Å². The van der Waals surface area contributed by atoms with Crippen molar-refractivity contribution in [1.82, 2.24) is 9.80 Å². The molecule has 0 saturated carbocycles. The van der Waals surface area contributed by atoms with Crippen LogP contribution in [-0.4, -0.2) is 48.2 Å². The van der Waals surface area contributed by atoms with Gasteiger partial charge < -0.3 is 20.0 Å². The number of phenolic OH excluding ortho intramolecular Hbond substituents is 2. The topological polar surface area (TPSA) is 46.9 Å². The first-order valence-electron chi connectivity index (χ1n) is 7.97. The molecule has 0 aliphatic heterocycles.